The smallest absolute Gasteiger partial charge is 0.0870 e. The van der Waals surface area contributed by atoms with E-state index in [4.69, 9.17) is 18.0 Å². The van der Waals surface area contributed by atoms with Crippen molar-refractivity contribution in [2.45, 2.75) is 51.6 Å². The summed E-state index contributed by atoms with van der Waals surface area (Å²) in [6, 6.07) is 9.58. The molecule has 0 amide bonds. The van der Waals surface area contributed by atoms with Crippen LogP contribution in [0.4, 0.5) is 0 Å². The molecule has 0 aliphatic heterocycles. The van der Waals surface area contributed by atoms with E-state index in [9.17, 15) is 0 Å². The number of benzene rings is 1. The Morgan fingerprint density at radius 1 is 1.21 bits per heavy atom. The topological polar surface area (TPSA) is 29.3 Å². The minimum Gasteiger partial charge on any atom is -0.392 e. The molecule has 104 valence electrons. The highest BCUT2D eigenvalue weighted by Gasteiger charge is 2.22. The van der Waals surface area contributed by atoms with Crippen molar-refractivity contribution in [2.24, 2.45) is 5.73 Å². The molecule has 0 atom stereocenters. The summed E-state index contributed by atoms with van der Waals surface area (Å²) >= 11 is 5.10. The molecule has 1 aliphatic carbocycles. The number of rotatable bonds is 6. The van der Waals surface area contributed by atoms with Gasteiger partial charge in [0.05, 0.1) is 4.99 Å². The molecule has 3 heteroatoms. The SMILES string of the molecule is CCc1ccc(CN(CC(N)=S)C2CCCC2)cc1. The maximum Gasteiger partial charge on any atom is 0.0870 e. The van der Waals surface area contributed by atoms with Gasteiger partial charge in [-0.05, 0) is 30.4 Å². The second-order valence-electron chi connectivity index (χ2n) is 5.48. The summed E-state index contributed by atoms with van der Waals surface area (Å²) in [5, 5.41) is 0. The zero-order chi connectivity index (χ0) is 13.7. The molecule has 1 aliphatic rings. The van der Waals surface area contributed by atoms with E-state index in [0.717, 1.165) is 19.5 Å². The Balaban J connectivity index is 2.03. The molecule has 2 nitrogen and oxygen atoms in total. The van der Waals surface area contributed by atoms with Crippen molar-refractivity contribution in [1.82, 2.24) is 4.90 Å². The zero-order valence-corrected chi connectivity index (χ0v) is 12.6. The molecule has 0 aromatic heterocycles. The molecule has 0 bridgehead atoms. The summed E-state index contributed by atoms with van der Waals surface area (Å²) in [6.07, 6.45) is 6.35. The molecule has 0 saturated heterocycles. The number of nitrogens with zero attached hydrogens (tertiary/aromatic N) is 1. The fourth-order valence-corrected chi connectivity index (χ4v) is 3.06. The van der Waals surface area contributed by atoms with E-state index in [2.05, 4.69) is 36.1 Å². The summed E-state index contributed by atoms with van der Waals surface area (Å²) in [5.74, 6) is 0. The van der Waals surface area contributed by atoms with Crippen LogP contribution in [-0.4, -0.2) is 22.5 Å². The lowest BCUT2D eigenvalue weighted by atomic mass is 10.1. The van der Waals surface area contributed by atoms with Crippen molar-refractivity contribution in [1.29, 1.82) is 0 Å². The monoisotopic (exact) mass is 276 g/mol. The average Bonchev–Trinajstić information content (AvgIpc) is 2.92. The second-order valence-corrected chi connectivity index (χ2v) is 6.00. The third-order valence-corrected chi connectivity index (χ3v) is 4.15. The molecule has 2 rings (SSSR count). The molecule has 0 radical (unpaired) electrons. The van der Waals surface area contributed by atoms with Crippen LogP contribution in [0.2, 0.25) is 0 Å². The van der Waals surface area contributed by atoms with Gasteiger partial charge in [-0.15, -0.1) is 0 Å². The summed E-state index contributed by atoms with van der Waals surface area (Å²) < 4.78 is 0. The molecule has 1 fully saturated rings. The van der Waals surface area contributed by atoms with Gasteiger partial charge in [-0.1, -0.05) is 56.2 Å². The molecular weight excluding hydrogens is 252 g/mol. The van der Waals surface area contributed by atoms with Gasteiger partial charge in [-0.2, -0.15) is 0 Å². The summed E-state index contributed by atoms with van der Waals surface area (Å²) in [5.41, 5.74) is 8.51. The highest BCUT2D eigenvalue weighted by molar-refractivity contribution is 7.80. The number of hydrogen-bond acceptors (Lipinski definition) is 2. The number of nitrogens with two attached hydrogens (primary N) is 1. The van der Waals surface area contributed by atoms with Gasteiger partial charge in [-0.3, -0.25) is 4.90 Å². The van der Waals surface area contributed by atoms with E-state index in [1.54, 1.807) is 0 Å². The third-order valence-electron chi connectivity index (χ3n) is 4.02. The predicted octanol–water partition coefficient (Wildman–Crippen LogP) is 3.28. The normalized spacial score (nSPS) is 16.1. The zero-order valence-electron chi connectivity index (χ0n) is 11.8. The number of hydrogen-bond donors (Lipinski definition) is 1. The van der Waals surface area contributed by atoms with Crippen LogP contribution in [0.3, 0.4) is 0 Å². The van der Waals surface area contributed by atoms with Crippen molar-refractivity contribution in [3.63, 3.8) is 0 Å². The molecule has 0 spiro atoms. The van der Waals surface area contributed by atoms with E-state index in [1.165, 1.54) is 36.8 Å². The van der Waals surface area contributed by atoms with Crippen LogP contribution < -0.4 is 5.73 Å². The Kier molecular flexibility index (Phi) is 5.34. The Labute approximate surface area is 122 Å². The Hall–Kier alpha value is -0.930. The molecular formula is C16H24N2S. The molecule has 0 unspecified atom stereocenters. The van der Waals surface area contributed by atoms with Crippen molar-refractivity contribution in [3.05, 3.63) is 35.4 Å². The Morgan fingerprint density at radius 2 is 1.79 bits per heavy atom. The average molecular weight is 276 g/mol. The van der Waals surface area contributed by atoms with Crippen molar-refractivity contribution < 1.29 is 0 Å². The Bertz CT molecular complexity index is 407. The minimum atomic E-state index is 0.608. The highest BCUT2D eigenvalue weighted by Crippen LogP contribution is 2.24. The first-order chi connectivity index (χ1) is 9.19. The molecule has 2 N–H and O–H groups in total. The number of thiocarbonyl (C=S) groups is 1. The lowest BCUT2D eigenvalue weighted by Crippen LogP contribution is -2.38. The van der Waals surface area contributed by atoms with Gasteiger partial charge in [0.2, 0.25) is 0 Å². The van der Waals surface area contributed by atoms with Crippen LogP contribution in [0, 0.1) is 0 Å². The van der Waals surface area contributed by atoms with Crippen molar-refractivity contribution in [2.75, 3.05) is 6.54 Å². The third kappa shape index (κ3) is 4.29. The Morgan fingerprint density at radius 3 is 2.32 bits per heavy atom. The van der Waals surface area contributed by atoms with Crippen LogP contribution in [0.25, 0.3) is 0 Å². The number of aryl methyl sites for hydroxylation is 1. The van der Waals surface area contributed by atoms with Gasteiger partial charge in [0.15, 0.2) is 0 Å². The lowest BCUT2D eigenvalue weighted by molar-refractivity contribution is 0.219. The van der Waals surface area contributed by atoms with E-state index in [0.29, 0.717) is 11.0 Å². The lowest BCUT2D eigenvalue weighted by Gasteiger charge is -2.28. The van der Waals surface area contributed by atoms with E-state index >= 15 is 0 Å². The largest absolute Gasteiger partial charge is 0.392 e. The molecule has 1 aromatic carbocycles. The molecule has 19 heavy (non-hydrogen) atoms. The fourth-order valence-electron chi connectivity index (χ4n) is 2.90. The first-order valence-corrected chi connectivity index (χ1v) is 7.70. The summed E-state index contributed by atoms with van der Waals surface area (Å²) in [4.78, 5) is 3.06. The van der Waals surface area contributed by atoms with Gasteiger partial charge < -0.3 is 5.73 Å². The van der Waals surface area contributed by atoms with Gasteiger partial charge in [0, 0.05) is 19.1 Å². The molecule has 0 heterocycles. The standard InChI is InChI=1S/C16H24N2S/c1-2-13-7-9-14(10-8-13)11-18(12-16(17)19)15-5-3-4-6-15/h7-10,15H,2-6,11-12H2,1H3,(H2,17,19). The van der Waals surface area contributed by atoms with Gasteiger partial charge >= 0.3 is 0 Å². The van der Waals surface area contributed by atoms with Crippen LogP contribution in [0.5, 0.6) is 0 Å². The first-order valence-electron chi connectivity index (χ1n) is 7.29. The minimum absolute atomic E-state index is 0.608. The summed E-state index contributed by atoms with van der Waals surface area (Å²) in [7, 11) is 0. The second kappa shape index (κ2) is 7.01. The van der Waals surface area contributed by atoms with E-state index in [-0.39, 0.29) is 0 Å². The van der Waals surface area contributed by atoms with Gasteiger partial charge in [0.25, 0.3) is 0 Å². The van der Waals surface area contributed by atoms with Crippen molar-refractivity contribution >= 4 is 17.2 Å². The predicted molar refractivity (Wildman–Crippen MR) is 85.3 cm³/mol. The molecule has 1 saturated carbocycles. The van der Waals surface area contributed by atoms with Crippen LogP contribution in [0.1, 0.15) is 43.7 Å². The highest BCUT2D eigenvalue weighted by atomic mass is 32.1. The van der Waals surface area contributed by atoms with Crippen LogP contribution >= 0.6 is 12.2 Å². The quantitative estimate of drug-likeness (QED) is 0.809. The van der Waals surface area contributed by atoms with Gasteiger partial charge in [-0.25, -0.2) is 0 Å². The van der Waals surface area contributed by atoms with E-state index in [1.807, 2.05) is 0 Å². The van der Waals surface area contributed by atoms with Gasteiger partial charge in [0.1, 0.15) is 0 Å². The maximum atomic E-state index is 5.75. The summed E-state index contributed by atoms with van der Waals surface area (Å²) in [6.45, 7) is 3.90. The van der Waals surface area contributed by atoms with Crippen LogP contribution in [-0.2, 0) is 13.0 Å². The fraction of sp³-hybridized carbons (Fsp3) is 0.562. The van der Waals surface area contributed by atoms with Crippen molar-refractivity contribution in [3.8, 4) is 0 Å². The van der Waals surface area contributed by atoms with Crippen LogP contribution in [0.15, 0.2) is 24.3 Å². The molecule has 1 aromatic rings. The first kappa shape index (κ1) is 14.5. The van der Waals surface area contributed by atoms with E-state index < -0.39 is 0 Å². The maximum absolute atomic E-state index is 5.75.